The number of benzene rings is 1. The van der Waals surface area contributed by atoms with E-state index in [1.807, 2.05) is 0 Å². The lowest BCUT2D eigenvalue weighted by Crippen LogP contribution is -2.38. The van der Waals surface area contributed by atoms with Gasteiger partial charge in [-0.2, -0.15) is 0 Å². The van der Waals surface area contributed by atoms with E-state index in [0.717, 1.165) is 12.5 Å². The minimum absolute atomic E-state index is 0.0437. The molecule has 1 atom stereocenters. The van der Waals surface area contributed by atoms with Crippen LogP contribution in [0.4, 0.5) is 10.1 Å². The maximum absolute atomic E-state index is 13.3. The van der Waals surface area contributed by atoms with Gasteiger partial charge in [-0.05, 0) is 55.4 Å². The Hall–Kier alpha value is -1.95. The molecule has 0 radical (unpaired) electrons. The van der Waals surface area contributed by atoms with Crippen molar-refractivity contribution >= 4 is 17.5 Å². The highest BCUT2D eigenvalue weighted by atomic mass is 19.1. The molecule has 1 unspecified atom stereocenters. The van der Waals surface area contributed by atoms with E-state index in [0.29, 0.717) is 24.4 Å². The van der Waals surface area contributed by atoms with E-state index in [-0.39, 0.29) is 18.2 Å². The molecule has 1 aromatic carbocycles. The van der Waals surface area contributed by atoms with Crippen LogP contribution >= 0.6 is 0 Å². The molecular weight excluding hydrogens is 299 g/mol. The highest BCUT2D eigenvalue weighted by molar-refractivity contribution is 6.39. The maximum atomic E-state index is 13.3. The first-order valence-corrected chi connectivity index (χ1v) is 7.79. The molecule has 1 rings (SSSR count). The van der Waals surface area contributed by atoms with Crippen molar-refractivity contribution in [1.29, 1.82) is 0 Å². The quantitative estimate of drug-likeness (QED) is 0.673. The Balaban J connectivity index is 2.54. The summed E-state index contributed by atoms with van der Waals surface area (Å²) in [6.07, 6.45) is 1.43. The van der Waals surface area contributed by atoms with Gasteiger partial charge in [0, 0.05) is 18.8 Å². The third-order valence-corrected chi connectivity index (χ3v) is 3.40. The van der Waals surface area contributed by atoms with E-state index < -0.39 is 17.6 Å². The van der Waals surface area contributed by atoms with E-state index in [2.05, 4.69) is 24.5 Å². The highest BCUT2D eigenvalue weighted by Gasteiger charge is 2.17. The zero-order chi connectivity index (χ0) is 17.4. The molecule has 128 valence electrons. The largest absolute Gasteiger partial charge is 0.396 e. The second-order valence-electron chi connectivity index (χ2n) is 6.19. The number of carbonyl (C=O) groups is 2. The van der Waals surface area contributed by atoms with Gasteiger partial charge in [-0.25, -0.2) is 4.39 Å². The van der Waals surface area contributed by atoms with Gasteiger partial charge >= 0.3 is 11.8 Å². The number of aliphatic hydroxyl groups excluding tert-OH is 1. The molecule has 1 aromatic rings. The van der Waals surface area contributed by atoms with Crippen molar-refractivity contribution in [2.45, 2.75) is 33.6 Å². The molecule has 0 spiro atoms. The van der Waals surface area contributed by atoms with E-state index in [9.17, 15) is 14.0 Å². The summed E-state index contributed by atoms with van der Waals surface area (Å²) in [5.74, 6) is -1.51. The van der Waals surface area contributed by atoms with Gasteiger partial charge < -0.3 is 15.7 Å². The summed E-state index contributed by atoms with van der Waals surface area (Å²) in [6.45, 7) is 6.19. The SMILES string of the molecule is Cc1cc(F)cc(NC(=O)C(=O)NCC(CCO)CC(C)C)c1. The monoisotopic (exact) mass is 324 g/mol. The van der Waals surface area contributed by atoms with Crippen LogP contribution in [0, 0.1) is 24.6 Å². The Kier molecular flexibility index (Phi) is 7.68. The molecule has 0 bridgehead atoms. The molecule has 6 heteroatoms. The van der Waals surface area contributed by atoms with Crippen LogP contribution in [0.1, 0.15) is 32.3 Å². The third-order valence-electron chi connectivity index (χ3n) is 3.40. The zero-order valence-electron chi connectivity index (χ0n) is 13.9. The third kappa shape index (κ3) is 7.23. The Morgan fingerprint density at radius 2 is 1.91 bits per heavy atom. The average Bonchev–Trinajstić information content (AvgIpc) is 2.42. The molecule has 3 N–H and O–H groups in total. The summed E-state index contributed by atoms with van der Waals surface area (Å²) in [6, 6.07) is 4.08. The van der Waals surface area contributed by atoms with Gasteiger partial charge in [-0.15, -0.1) is 0 Å². The molecule has 5 nitrogen and oxygen atoms in total. The average molecular weight is 324 g/mol. The van der Waals surface area contributed by atoms with Crippen molar-refractivity contribution in [3.8, 4) is 0 Å². The van der Waals surface area contributed by atoms with Crippen molar-refractivity contribution in [1.82, 2.24) is 5.32 Å². The van der Waals surface area contributed by atoms with Gasteiger partial charge in [-0.3, -0.25) is 9.59 Å². The van der Waals surface area contributed by atoms with Crippen molar-refractivity contribution in [2.75, 3.05) is 18.5 Å². The van der Waals surface area contributed by atoms with E-state index >= 15 is 0 Å². The van der Waals surface area contributed by atoms with Crippen molar-refractivity contribution in [2.24, 2.45) is 11.8 Å². The standard InChI is InChI=1S/C17H25FN2O3/c1-11(2)6-13(4-5-21)10-19-16(22)17(23)20-15-8-12(3)7-14(18)9-15/h7-9,11,13,21H,4-6,10H2,1-3H3,(H,19,22)(H,20,23). The second kappa shape index (κ2) is 9.25. The van der Waals surface area contributed by atoms with E-state index in [4.69, 9.17) is 5.11 Å². The fourth-order valence-corrected chi connectivity index (χ4v) is 2.47. The highest BCUT2D eigenvalue weighted by Crippen LogP contribution is 2.15. The number of halogens is 1. The van der Waals surface area contributed by atoms with Crippen LogP contribution in [0.15, 0.2) is 18.2 Å². The predicted molar refractivity (Wildman–Crippen MR) is 87.4 cm³/mol. The van der Waals surface area contributed by atoms with Gasteiger partial charge in [0.1, 0.15) is 5.82 Å². The fraction of sp³-hybridized carbons (Fsp3) is 0.529. The predicted octanol–water partition coefficient (Wildman–Crippen LogP) is 2.23. The molecule has 0 aliphatic heterocycles. The number of nitrogens with one attached hydrogen (secondary N) is 2. The summed E-state index contributed by atoms with van der Waals surface area (Å²) in [7, 11) is 0. The lowest BCUT2D eigenvalue weighted by atomic mass is 9.94. The first-order chi connectivity index (χ1) is 10.8. The van der Waals surface area contributed by atoms with Gasteiger partial charge in [0.05, 0.1) is 0 Å². The summed E-state index contributed by atoms with van der Waals surface area (Å²) < 4.78 is 13.3. The molecule has 0 fully saturated rings. The zero-order valence-corrected chi connectivity index (χ0v) is 13.9. The van der Waals surface area contributed by atoms with Crippen LogP contribution in [-0.2, 0) is 9.59 Å². The summed E-state index contributed by atoms with van der Waals surface area (Å²) >= 11 is 0. The number of hydrogen-bond acceptors (Lipinski definition) is 3. The van der Waals surface area contributed by atoms with Crippen LogP contribution in [0.3, 0.4) is 0 Å². The smallest absolute Gasteiger partial charge is 0.313 e. The molecule has 2 amide bonds. The Morgan fingerprint density at radius 3 is 2.48 bits per heavy atom. The number of aryl methyl sites for hydroxylation is 1. The molecule has 0 saturated carbocycles. The van der Waals surface area contributed by atoms with Crippen LogP contribution in [-0.4, -0.2) is 30.1 Å². The van der Waals surface area contributed by atoms with Crippen LogP contribution < -0.4 is 10.6 Å². The normalized spacial score (nSPS) is 12.1. The van der Waals surface area contributed by atoms with Crippen LogP contribution in [0.2, 0.25) is 0 Å². The van der Waals surface area contributed by atoms with Gasteiger partial charge in [-0.1, -0.05) is 13.8 Å². The number of amides is 2. The summed E-state index contributed by atoms with van der Waals surface area (Å²) in [5, 5.41) is 14.0. The van der Waals surface area contributed by atoms with E-state index in [1.165, 1.54) is 6.07 Å². The number of anilines is 1. The lowest BCUT2D eigenvalue weighted by molar-refractivity contribution is -0.136. The molecule has 0 heterocycles. The van der Waals surface area contributed by atoms with Crippen LogP contribution in [0.5, 0.6) is 0 Å². The van der Waals surface area contributed by atoms with Gasteiger partial charge in [0.25, 0.3) is 0 Å². The Morgan fingerprint density at radius 1 is 1.22 bits per heavy atom. The minimum Gasteiger partial charge on any atom is -0.396 e. The fourth-order valence-electron chi connectivity index (χ4n) is 2.47. The number of rotatable bonds is 7. The van der Waals surface area contributed by atoms with Gasteiger partial charge in [0.2, 0.25) is 0 Å². The Bertz CT molecular complexity index is 526. The van der Waals surface area contributed by atoms with Gasteiger partial charge in [0.15, 0.2) is 0 Å². The number of carbonyl (C=O) groups excluding carboxylic acids is 2. The number of aliphatic hydroxyl groups is 1. The minimum atomic E-state index is -0.831. The molecule has 0 saturated heterocycles. The topological polar surface area (TPSA) is 78.4 Å². The molecule has 0 aliphatic rings. The molecule has 0 aromatic heterocycles. The first kappa shape index (κ1) is 19.1. The molecule has 0 aliphatic carbocycles. The first-order valence-electron chi connectivity index (χ1n) is 7.79. The maximum Gasteiger partial charge on any atom is 0.313 e. The van der Waals surface area contributed by atoms with Crippen molar-refractivity contribution < 1.29 is 19.1 Å². The number of hydrogen-bond donors (Lipinski definition) is 3. The summed E-state index contributed by atoms with van der Waals surface area (Å²) in [5.41, 5.74) is 0.900. The Labute approximate surface area is 136 Å². The van der Waals surface area contributed by atoms with Crippen molar-refractivity contribution in [3.63, 3.8) is 0 Å². The van der Waals surface area contributed by atoms with Crippen LogP contribution in [0.25, 0.3) is 0 Å². The van der Waals surface area contributed by atoms with E-state index in [1.54, 1.807) is 13.0 Å². The molecule has 23 heavy (non-hydrogen) atoms. The second-order valence-corrected chi connectivity index (χ2v) is 6.19. The lowest BCUT2D eigenvalue weighted by Gasteiger charge is -2.18. The summed E-state index contributed by atoms with van der Waals surface area (Å²) in [4.78, 5) is 23.7. The molecular formula is C17H25FN2O3. The van der Waals surface area contributed by atoms with Crippen molar-refractivity contribution in [3.05, 3.63) is 29.6 Å².